The average molecular weight is 296 g/mol. The average Bonchev–Trinajstić information content (AvgIpc) is 2.82. The summed E-state index contributed by atoms with van der Waals surface area (Å²) < 4.78 is 1.78. The molecule has 1 aliphatic heterocycles. The molecule has 0 N–H and O–H groups in total. The molecule has 0 amide bonds. The van der Waals surface area contributed by atoms with Gasteiger partial charge >= 0.3 is 0 Å². The molecule has 4 nitrogen and oxygen atoms in total. The van der Waals surface area contributed by atoms with Crippen molar-refractivity contribution in [3.8, 4) is 0 Å². The van der Waals surface area contributed by atoms with Crippen LogP contribution in [0.3, 0.4) is 0 Å². The minimum atomic E-state index is -1.04. The van der Waals surface area contributed by atoms with Gasteiger partial charge in [0.15, 0.2) is 5.97 Å². The van der Waals surface area contributed by atoms with Crippen LogP contribution in [-0.4, -0.2) is 48.0 Å². The van der Waals surface area contributed by atoms with Crippen LogP contribution >= 0.6 is 0 Å². The summed E-state index contributed by atoms with van der Waals surface area (Å²) in [6, 6.07) is 0. The number of hydrogen-bond acceptors (Lipinski definition) is 3. The fourth-order valence-corrected chi connectivity index (χ4v) is 3.02. The minimum Gasteiger partial charge on any atom is -0.538 e. The molecule has 0 aromatic rings. The van der Waals surface area contributed by atoms with Crippen molar-refractivity contribution in [2.75, 3.05) is 26.7 Å². The topological polar surface area (TPSA) is 46.4 Å². The molecule has 0 radical (unpaired) electrons. The summed E-state index contributed by atoms with van der Waals surface area (Å²) >= 11 is 0. The van der Waals surface area contributed by atoms with Gasteiger partial charge in [-0.1, -0.05) is 58.3 Å². The third kappa shape index (κ3) is 6.96. The first-order valence-corrected chi connectivity index (χ1v) is 8.71. The lowest BCUT2D eigenvalue weighted by Gasteiger charge is -2.13. The molecule has 0 aliphatic carbocycles. The van der Waals surface area contributed by atoms with Crippen molar-refractivity contribution in [3.05, 3.63) is 0 Å². The van der Waals surface area contributed by atoms with Crippen molar-refractivity contribution in [3.63, 3.8) is 0 Å². The third-order valence-corrected chi connectivity index (χ3v) is 4.33. The number of aliphatic carboxylic acids is 1. The predicted molar refractivity (Wildman–Crippen MR) is 84.5 cm³/mol. The van der Waals surface area contributed by atoms with Crippen molar-refractivity contribution in [2.24, 2.45) is 0 Å². The zero-order chi connectivity index (χ0) is 15.5. The standard InChI is InChI=1S/C17H32N2O2/c1-3-4-5-6-7-8-9-10-11-12-13-19-15-14-18(2)16(19)17(20)21/h3-15H2,1-2H3. The second-order valence-electron chi connectivity index (χ2n) is 6.20. The maximum Gasteiger partial charge on any atom is 0.295 e. The first kappa shape index (κ1) is 18.0. The molecule has 0 unspecified atom stereocenters. The number of rotatable bonds is 12. The van der Waals surface area contributed by atoms with E-state index in [0.29, 0.717) is 5.84 Å². The van der Waals surface area contributed by atoms with Crippen LogP contribution in [-0.2, 0) is 4.79 Å². The van der Waals surface area contributed by atoms with E-state index in [-0.39, 0.29) is 0 Å². The van der Waals surface area contributed by atoms with E-state index in [1.54, 1.807) is 4.58 Å². The fraction of sp³-hybridized carbons (Fsp3) is 0.882. The molecular formula is C17H32N2O2. The molecule has 122 valence electrons. The van der Waals surface area contributed by atoms with E-state index in [2.05, 4.69) is 6.92 Å². The summed E-state index contributed by atoms with van der Waals surface area (Å²) in [5.74, 6) is -0.673. The Bertz CT molecular complexity index is 340. The van der Waals surface area contributed by atoms with Gasteiger partial charge in [0, 0.05) is 0 Å². The lowest BCUT2D eigenvalue weighted by molar-refractivity contribution is -0.488. The van der Waals surface area contributed by atoms with Crippen LogP contribution < -0.4 is 5.11 Å². The van der Waals surface area contributed by atoms with E-state index in [4.69, 9.17) is 0 Å². The number of carboxylic acids is 1. The van der Waals surface area contributed by atoms with Gasteiger partial charge in [0.05, 0.1) is 13.6 Å². The maximum atomic E-state index is 11.1. The number of carboxylic acid groups (broad SMARTS) is 1. The molecule has 0 spiro atoms. The van der Waals surface area contributed by atoms with Gasteiger partial charge < -0.3 is 9.90 Å². The van der Waals surface area contributed by atoms with E-state index in [0.717, 1.165) is 26.1 Å². The lowest BCUT2D eigenvalue weighted by Crippen LogP contribution is -2.44. The Kier molecular flexibility index (Phi) is 9.11. The molecule has 1 heterocycles. The fourth-order valence-electron chi connectivity index (χ4n) is 3.02. The molecule has 0 bridgehead atoms. The molecule has 21 heavy (non-hydrogen) atoms. The number of carbonyl (C=O) groups is 1. The molecule has 0 aromatic carbocycles. The Morgan fingerprint density at radius 2 is 1.57 bits per heavy atom. The van der Waals surface area contributed by atoms with Crippen LogP contribution in [0.5, 0.6) is 0 Å². The normalized spacial score (nSPS) is 15.0. The third-order valence-electron chi connectivity index (χ3n) is 4.33. The Morgan fingerprint density at radius 1 is 1.05 bits per heavy atom. The van der Waals surface area contributed by atoms with Crippen LogP contribution in [0.2, 0.25) is 0 Å². The lowest BCUT2D eigenvalue weighted by atomic mass is 10.1. The Labute approximate surface area is 129 Å². The van der Waals surface area contributed by atoms with E-state index in [9.17, 15) is 9.90 Å². The van der Waals surface area contributed by atoms with Crippen molar-refractivity contribution in [2.45, 2.75) is 71.1 Å². The smallest absolute Gasteiger partial charge is 0.295 e. The van der Waals surface area contributed by atoms with Gasteiger partial charge in [0.25, 0.3) is 5.84 Å². The molecule has 0 aromatic heterocycles. The molecule has 1 aliphatic rings. The van der Waals surface area contributed by atoms with E-state index >= 15 is 0 Å². The van der Waals surface area contributed by atoms with Gasteiger partial charge in [0.1, 0.15) is 13.1 Å². The molecule has 1 rings (SSSR count). The summed E-state index contributed by atoms with van der Waals surface area (Å²) in [5.41, 5.74) is 0. The summed E-state index contributed by atoms with van der Waals surface area (Å²) in [4.78, 5) is 13.0. The van der Waals surface area contributed by atoms with Crippen molar-refractivity contribution in [1.82, 2.24) is 4.90 Å². The zero-order valence-electron chi connectivity index (χ0n) is 13.9. The van der Waals surface area contributed by atoms with E-state index < -0.39 is 5.97 Å². The maximum absolute atomic E-state index is 11.1. The van der Waals surface area contributed by atoms with Crippen molar-refractivity contribution in [1.29, 1.82) is 0 Å². The second-order valence-corrected chi connectivity index (χ2v) is 6.20. The molecule has 0 saturated carbocycles. The number of nitrogens with zero attached hydrogens (tertiary/aromatic N) is 2. The van der Waals surface area contributed by atoms with Gasteiger partial charge in [-0.15, -0.1) is 0 Å². The number of hydrogen-bond donors (Lipinski definition) is 0. The highest BCUT2D eigenvalue weighted by Crippen LogP contribution is 2.11. The van der Waals surface area contributed by atoms with Gasteiger partial charge in [-0.25, -0.2) is 0 Å². The highest BCUT2D eigenvalue weighted by atomic mass is 16.4. The van der Waals surface area contributed by atoms with Gasteiger partial charge in [0.2, 0.25) is 0 Å². The van der Waals surface area contributed by atoms with Gasteiger partial charge in [-0.05, 0) is 12.8 Å². The van der Waals surface area contributed by atoms with Crippen LogP contribution in [0.1, 0.15) is 71.1 Å². The first-order chi connectivity index (χ1) is 10.2. The summed E-state index contributed by atoms with van der Waals surface area (Å²) in [5, 5.41) is 11.1. The van der Waals surface area contributed by atoms with Crippen LogP contribution in [0.15, 0.2) is 0 Å². The van der Waals surface area contributed by atoms with Crippen molar-refractivity contribution < 1.29 is 14.5 Å². The second kappa shape index (κ2) is 10.6. The number of amidine groups is 1. The SMILES string of the molecule is CCCCCCCCCCCCN1CC[N+](C)=C1C(=O)[O-]. The first-order valence-electron chi connectivity index (χ1n) is 8.71. The van der Waals surface area contributed by atoms with E-state index in [1.807, 2.05) is 11.9 Å². The number of carbonyl (C=O) groups excluding carboxylic acids is 1. The van der Waals surface area contributed by atoms with E-state index in [1.165, 1.54) is 57.8 Å². The summed E-state index contributed by atoms with van der Waals surface area (Å²) in [7, 11) is 1.82. The van der Waals surface area contributed by atoms with Crippen LogP contribution in [0.25, 0.3) is 0 Å². The largest absolute Gasteiger partial charge is 0.538 e. The monoisotopic (exact) mass is 296 g/mol. The highest BCUT2D eigenvalue weighted by molar-refractivity contribution is 6.31. The van der Waals surface area contributed by atoms with Gasteiger partial charge in [-0.3, -0.25) is 9.48 Å². The van der Waals surface area contributed by atoms with Crippen LogP contribution in [0.4, 0.5) is 0 Å². The molecule has 0 fully saturated rings. The predicted octanol–water partition coefficient (Wildman–Crippen LogP) is 2.01. The Hall–Kier alpha value is -1.06. The van der Waals surface area contributed by atoms with Gasteiger partial charge in [-0.2, -0.15) is 0 Å². The zero-order valence-corrected chi connectivity index (χ0v) is 13.9. The van der Waals surface area contributed by atoms with Crippen LogP contribution in [0, 0.1) is 0 Å². The molecule has 4 heteroatoms. The Morgan fingerprint density at radius 3 is 2.10 bits per heavy atom. The van der Waals surface area contributed by atoms with Crippen molar-refractivity contribution >= 4 is 11.8 Å². The molecule has 0 atom stereocenters. The number of likely N-dealkylation sites (N-methyl/N-ethyl adjacent to an activating group) is 1. The minimum absolute atomic E-state index is 0.367. The molecule has 0 saturated heterocycles. The summed E-state index contributed by atoms with van der Waals surface area (Å²) in [6.07, 6.45) is 13.1. The highest BCUT2D eigenvalue weighted by Gasteiger charge is 2.28. The summed E-state index contributed by atoms with van der Waals surface area (Å²) in [6.45, 7) is 4.71. The quantitative estimate of drug-likeness (QED) is 0.409. The Balaban J connectivity index is 1.99. The number of unbranched alkanes of at least 4 members (excludes halogenated alkanes) is 9. The molecular weight excluding hydrogens is 264 g/mol.